The lowest BCUT2D eigenvalue weighted by molar-refractivity contribution is -0.144. The van der Waals surface area contributed by atoms with Crippen LogP contribution < -0.4 is 11.1 Å². The monoisotopic (exact) mass is 392 g/mol. The van der Waals surface area contributed by atoms with E-state index in [2.05, 4.69) is 26.1 Å². The Labute approximate surface area is 170 Å². The summed E-state index contributed by atoms with van der Waals surface area (Å²) in [6.45, 7) is 11.0. The molecule has 0 aromatic rings. The second-order valence-corrected chi connectivity index (χ2v) is 10.4. The van der Waals surface area contributed by atoms with Crippen LogP contribution in [-0.2, 0) is 9.59 Å². The average molecular weight is 393 g/mol. The van der Waals surface area contributed by atoms with Crippen LogP contribution in [0.5, 0.6) is 0 Å². The number of nitrogens with one attached hydrogen (secondary N) is 1. The molecule has 0 spiro atoms. The molecule has 3 fully saturated rings. The second kappa shape index (κ2) is 9.12. The first-order valence-electron chi connectivity index (χ1n) is 11.3. The molecule has 2 unspecified atom stereocenters. The molecule has 2 aliphatic heterocycles. The van der Waals surface area contributed by atoms with Gasteiger partial charge in [-0.15, -0.1) is 0 Å². The molecule has 0 radical (unpaired) electrons. The summed E-state index contributed by atoms with van der Waals surface area (Å²) in [7, 11) is 0. The van der Waals surface area contributed by atoms with Gasteiger partial charge >= 0.3 is 0 Å². The fourth-order valence-electron chi connectivity index (χ4n) is 5.28. The number of amides is 2. The SMILES string of the molecule is CC(C)(C)CC(=O)N1CCN(C(=O)C2CCC(C3CCNCC3N)CC2)CC1. The van der Waals surface area contributed by atoms with Crippen LogP contribution in [0.25, 0.3) is 0 Å². The van der Waals surface area contributed by atoms with Crippen LogP contribution in [0, 0.1) is 23.2 Å². The van der Waals surface area contributed by atoms with E-state index < -0.39 is 0 Å². The van der Waals surface area contributed by atoms with Gasteiger partial charge in [-0.2, -0.15) is 0 Å². The summed E-state index contributed by atoms with van der Waals surface area (Å²) in [6, 6.07) is 0.268. The number of carbonyl (C=O) groups excluding carboxylic acids is 2. The molecule has 3 N–H and O–H groups in total. The summed E-state index contributed by atoms with van der Waals surface area (Å²) in [6.07, 6.45) is 6.03. The highest BCUT2D eigenvalue weighted by molar-refractivity contribution is 5.80. The first-order valence-corrected chi connectivity index (χ1v) is 11.3. The topological polar surface area (TPSA) is 78.7 Å². The summed E-state index contributed by atoms with van der Waals surface area (Å²) >= 11 is 0. The number of rotatable bonds is 3. The molecule has 3 aliphatic rings. The van der Waals surface area contributed by atoms with Gasteiger partial charge in [0.1, 0.15) is 0 Å². The predicted octanol–water partition coefficient (Wildman–Crippen LogP) is 1.84. The first kappa shape index (κ1) is 21.6. The van der Waals surface area contributed by atoms with Crippen molar-refractivity contribution in [3.8, 4) is 0 Å². The minimum absolute atomic E-state index is 0.0135. The molecule has 6 heteroatoms. The number of carbonyl (C=O) groups is 2. The lowest BCUT2D eigenvalue weighted by Gasteiger charge is -2.41. The fraction of sp³-hybridized carbons (Fsp3) is 0.909. The van der Waals surface area contributed by atoms with E-state index in [0.29, 0.717) is 50.3 Å². The van der Waals surface area contributed by atoms with E-state index in [1.807, 2.05) is 9.80 Å². The zero-order valence-electron chi connectivity index (χ0n) is 18.1. The Morgan fingerprint density at radius 3 is 2.14 bits per heavy atom. The lowest BCUT2D eigenvalue weighted by atomic mass is 9.71. The van der Waals surface area contributed by atoms with E-state index in [0.717, 1.165) is 38.8 Å². The smallest absolute Gasteiger partial charge is 0.225 e. The summed E-state index contributed by atoms with van der Waals surface area (Å²) in [5.41, 5.74) is 6.34. The van der Waals surface area contributed by atoms with E-state index in [1.54, 1.807) is 0 Å². The van der Waals surface area contributed by atoms with Crippen molar-refractivity contribution in [1.29, 1.82) is 0 Å². The van der Waals surface area contributed by atoms with Gasteiger partial charge in [-0.3, -0.25) is 9.59 Å². The Kier molecular flexibility index (Phi) is 7.02. The van der Waals surface area contributed by atoms with Crippen molar-refractivity contribution < 1.29 is 9.59 Å². The molecule has 3 rings (SSSR count). The third-order valence-electron chi connectivity index (χ3n) is 6.94. The second-order valence-electron chi connectivity index (χ2n) is 10.4. The molecule has 2 heterocycles. The van der Waals surface area contributed by atoms with E-state index >= 15 is 0 Å². The van der Waals surface area contributed by atoms with Crippen molar-refractivity contribution in [3.05, 3.63) is 0 Å². The van der Waals surface area contributed by atoms with Gasteiger partial charge in [-0.05, 0) is 55.9 Å². The number of hydrogen-bond acceptors (Lipinski definition) is 4. The molecule has 0 bridgehead atoms. The first-order chi connectivity index (χ1) is 13.2. The maximum atomic E-state index is 13.0. The Morgan fingerprint density at radius 2 is 1.57 bits per heavy atom. The van der Waals surface area contributed by atoms with Gasteiger partial charge in [0.25, 0.3) is 0 Å². The van der Waals surface area contributed by atoms with Crippen LogP contribution in [0.4, 0.5) is 0 Å². The molecule has 6 nitrogen and oxygen atoms in total. The van der Waals surface area contributed by atoms with Crippen molar-refractivity contribution in [3.63, 3.8) is 0 Å². The van der Waals surface area contributed by atoms with Crippen LogP contribution in [0.2, 0.25) is 0 Å². The number of piperazine rings is 1. The van der Waals surface area contributed by atoms with Crippen LogP contribution in [0.3, 0.4) is 0 Å². The Morgan fingerprint density at radius 1 is 0.964 bits per heavy atom. The molecular weight excluding hydrogens is 352 g/mol. The van der Waals surface area contributed by atoms with E-state index in [1.165, 1.54) is 6.42 Å². The van der Waals surface area contributed by atoms with Gasteiger partial charge < -0.3 is 20.9 Å². The largest absolute Gasteiger partial charge is 0.339 e. The van der Waals surface area contributed by atoms with Gasteiger partial charge in [0, 0.05) is 51.1 Å². The highest BCUT2D eigenvalue weighted by atomic mass is 16.2. The number of nitrogens with zero attached hydrogens (tertiary/aromatic N) is 2. The van der Waals surface area contributed by atoms with Crippen LogP contribution >= 0.6 is 0 Å². The van der Waals surface area contributed by atoms with Crippen molar-refractivity contribution in [2.24, 2.45) is 28.9 Å². The van der Waals surface area contributed by atoms with Gasteiger partial charge in [0.2, 0.25) is 11.8 Å². The Balaban J connectivity index is 1.43. The van der Waals surface area contributed by atoms with Crippen molar-refractivity contribution in [2.45, 2.75) is 65.3 Å². The standard InChI is InChI=1S/C22H40N4O2/c1-22(2,3)14-20(27)25-10-12-26(13-11-25)21(28)17-6-4-16(5-7-17)18-8-9-24-15-19(18)23/h16-19,24H,4-15,23H2,1-3H3. The molecular formula is C22H40N4O2. The minimum atomic E-state index is 0.0135. The maximum Gasteiger partial charge on any atom is 0.225 e. The summed E-state index contributed by atoms with van der Waals surface area (Å²) in [5, 5.41) is 3.38. The number of piperidine rings is 1. The maximum absolute atomic E-state index is 13.0. The predicted molar refractivity (Wildman–Crippen MR) is 112 cm³/mol. The van der Waals surface area contributed by atoms with Crippen molar-refractivity contribution in [2.75, 3.05) is 39.3 Å². The fourth-order valence-corrected chi connectivity index (χ4v) is 5.28. The normalized spacial score (nSPS) is 32.3. The molecule has 160 valence electrons. The number of hydrogen-bond donors (Lipinski definition) is 2. The Bertz CT molecular complexity index is 543. The summed E-state index contributed by atoms with van der Waals surface area (Å²) in [4.78, 5) is 29.3. The summed E-state index contributed by atoms with van der Waals surface area (Å²) < 4.78 is 0. The lowest BCUT2D eigenvalue weighted by Crippen LogP contribution is -2.53. The van der Waals surface area contributed by atoms with Gasteiger partial charge in [0.05, 0.1) is 0 Å². The molecule has 0 aromatic carbocycles. The quantitative estimate of drug-likeness (QED) is 0.768. The molecule has 2 amide bonds. The van der Waals surface area contributed by atoms with Gasteiger partial charge in [-0.1, -0.05) is 20.8 Å². The highest BCUT2D eigenvalue weighted by Gasteiger charge is 2.36. The van der Waals surface area contributed by atoms with E-state index in [-0.39, 0.29) is 23.3 Å². The zero-order chi connectivity index (χ0) is 20.3. The molecule has 0 aromatic heterocycles. The molecule has 1 saturated carbocycles. The minimum Gasteiger partial charge on any atom is -0.339 e. The van der Waals surface area contributed by atoms with Crippen LogP contribution in [-0.4, -0.2) is 66.9 Å². The van der Waals surface area contributed by atoms with Gasteiger partial charge in [0.15, 0.2) is 0 Å². The molecule has 28 heavy (non-hydrogen) atoms. The Hall–Kier alpha value is -1.14. The van der Waals surface area contributed by atoms with E-state index in [9.17, 15) is 9.59 Å². The molecule has 1 aliphatic carbocycles. The molecule has 2 saturated heterocycles. The zero-order valence-corrected chi connectivity index (χ0v) is 18.1. The number of nitrogens with two attached hydrogens (primary N) is 1. The van der Waals surface area contributed by atoms with Crippen LogP contribution in [0.15, 0.2) is 0 Å². The van der Waals surface area contributed by atoms with Crippen LogP contribution in [0.1, 0.15) is 59.3 Å². The highest BCUT2D eigenvalue weighted by Crippen LogP contribution is 2.37. The van der Waals surface area contributed by atoms with Crippen molar-refractivity contribution in [1.82, 2.24) is 15.1 Å². The molecule has 2 atom stereocenters. The third kappa shape index (κ3) is 5.47. The van der Waals surface area contributed by atoms with Gasteiger partial charge in [-0.25, -0.2) is 0 Å². The average Bonchev–Trinajstić information content (AvgIpc) is 2.67. The third-order valence-corrected chi connectivity index (χ3v) is 6.94. The summed E-state index contributed by atoms with van der Waals surface area (Å²) in [5.74, 6) is 2.02. The van der Waals surface area contributed by atoms with E-state index in [4.69, 9.17) is 5.73 Å². The van der Waals surface area contributed by atoms with Crippen molar-refractivity contribution >= 4 is 11.8 Å².